The minimum Gasteiger partial charge on any atom is -0.275 e. The highest BCUT2D eigenvalue weighted by atomic mass is 79.9. The van der Waals surface area contributed by atoms with Crippen molar-refractivity contribution >= 4 is 61.6 Å². The van der Waals surface area contributed by atoms with Crippen LogP contribution < -0.4 is 5.56 Å². The van der Waals surface area contributed by atoms with E-state index in [1.165, 1.54) is 23.1 Å². The van der Waals surface area contributed by atoms with E-state index in [1.807, 2.05) is 60.9 Å². The fourth-order valence-corrected chi connectivity index (χ4v) is 5.51. The quantitative estimate of drug-likeness (QED) is 0.191. The molecule has 150 valence electrons. The molecule has 0 N–H and O–H groups in total. The van der Waals surface area contributed by atoms with E-state index in [1.54, 1.807) is 4.57 Å². The number of hydrogen-bond donors (Lipinski definition) is 0. The van der Waals surface area contributed by atoms with Gasteiger partial charge in [0.2, 0.25) is 0 Å². The van der Waals surface area contributed by atoms with Gasteiger partial charge in [-0.25, -0.2) is 4.98 Å². The lowest BCUT2D eigenvalue weighted by Crippen LogP contribution is -2.21. The van der Waals surface area contributed by atoms with Crippen molar-refractivity contribution in [3.8, 4) is 17.4 Å². The van der Waals surface area contributed by atoms with Gasteiger partial charge in [-0.1, -0.05) is 57.2 Å². The molecule has 4 rings (SSSR count). The van der Waals surface area contributed by atoms with Gasteiger partial charge in [0, 0.05) is 4.47 Å². The molecular weight excluding hydrogens is 500 g/mol. The number of halogens is 1. The zero-order valence-corrected chi connectivity index (χ0v) is 20.1. The first-order chi connectivity index (χ1) is 14.4. The average molecular weight is 515 g/mol. The summed E-state index contributed by atoms with van der Waals surface area (Å²) in [5, 5.41) is 9.57. The van der Waals surface area contributed by atoms with Crippen LogP contribution in [0.25, 0.3) is 21.7 Å². The third kappa shape index (κ3) is 3.65. The maximum Gasteiger partial charge on any atom is 0.278 e. The minimum atomic E-state index is -0.191. The number of aryl methyl sites for hydroxylation is 2. The molecule has 2 aromatic carbocycles. The zero-order valence-electron chi connectivity index (χ0n) is 16.0. The van der Waals surface area contributed by atoms with E-state index in [2.05, 4.69) is 22.0 Å². The van der Waals surface area contributed by atoms with Gasteiger partial charge < -0.3 is 0 Å². The summed E-state index contributed by atoms with van der Waals surface area (Å²) in [5.41, 5.74) is 4.08. The van der Waals surface area contributed by atoms with Gasteiger partial charge in [-0.15, -0.1) is 0 Å². The molecule has 0 spiro atoms. The number of thiazole rings is 1. The van der Waals surface area contributed by atoms with Gasteiger partial charge in [-0.3, -0.25) is 13.9 Å². The molecule has 0 unspecified atom stereocenters. The van der Waals surface area contributed by atoms with Gasteiger partial charge in [0.25, 0.3) is 5.56 Å². The summed E-state index contributed by atoms with van der Waals surface area (Å²) in [6.45, 7) is 4.03. The molecule has 0 aliphatic carbocycles. The van der Waals surface area contributed by atoms with Crippen molar-refractivity contribution in [3.05, 3.63) is 72.4 Å². The van der Waals surface area contributed by atoms with Crippen LogP contribution in [0.5, 0.6) is 0 Å². The van der Waals surface area contributed by atoms with E-state index in [9.17, 15) is 4.79 Å². The van der Waals surface area contributed by atoms with E-state index in [0.29, 0.717) is 25.1 Å². The van der Waals surface area contributed by atoms with Gasteiger partial charge in [0.05, 0.1) is 23.2 Å². The highest BCUT2D eigenvalue weighted by Crippen LogP contribution is 2.30. The number of hydrogen-bond acceptors (Lipinski definition) is 6. The summed E-state index contributed by atoms with van der Waals surface area (Å²) in [5.74, 6) is 0.183. The van der Waals surface area contributed by atoms with Crippen LogP contribution >= 0.6 is 51.2 Å². The predicted octanol–water partition coefficient (Wildman–Crippen LogP) is 5.96. The van der Waals surface area contributed by atoms with Gasteiger partial charge >= 0.3 is 0 Å². The number of thioether (sulfide) groups is 1. The van der Waals surface area contributed by atoms with Gasteiger partial charge in [0.1, 0.15) is 4.70 Å². The van der Waals surface area contributed by atoms with Crippen LogP contribution in [0.1, 0.15) is 11.1 Å². The van der Waals surface area contributed by atoms with Crippen molar-refractivity contribution in [2.24, 2.45) is 0 Å². The molecule has 0 amide bonds. The third-order valence-electron chi connectivity index (χ3n) is 4.59. The molecule has 0 aliphatic rings. The molecule has 0 saturated carbocycles. The Morgan fingerprint density at radius 3 is 2.47 bits per heavy atom. The fourth-order valence-electron chi connectivity index (χ4n) is 3.30. The van der Waals surface area contributed by atoms with Crippen LogP contribution in [0.4, 0.5) is 0 Å². The Morgan fingerprint density at radius 1 is 1.17 bits per heavy atom. The first kappa shape index (κ1) is 21.0. The molecule has 0 aliphatic heterocycles. The summed E-state index contributed by atoms with van der Waals surface area (Å²) in [7, 11) is 0. The van der Waals surface area contributed by atoms with Crippen molar-refractivity contribution in [2.45, 2.75) is 19.0 Å². The second kappa shape index (κ2) is 8.47. The van der Waals surface area contributed by atoms with Crippen molar-refractivity contribution in [1.29, 1.82) is 5.26 Å². The lowest BCUT2D eigenvalue weighted by atomic mass is 10.1. The van der Waals surface area contributed by atoms with Crippen LogP contribution in [0.3, 0.4) is 0 Å². The van der Waals surface area contributed by atoms with Gasteiger partial charge in [0.15, 0.2) is 14.8 Å². The number of para-hydroxylation sites is 1. The molecule has 2 heterocycles. The zero-order chi connectivity index (χ0) is 21.4. The van der Waals surface area contributed by atoms with E-state index in [4.69, 9.17) is 22.5 Å². The van der Waals surface area contributed by atoms with E-state index >= 15 is 0 Å². The van der Waals surface area contributed by atoms with E-state index in [0.717, 1.165) is 21.3 Å². The van der Waals surface area contributed by atoms with Crippen molar-refractivity contribution < 1.29 is 0 Å². The first-order valence-electron chi connectivity index (χ1n) is 8.93. The highest BCUT2D eigenvalue weighted by Gasteiger charge is 2.20. The Morgan fingerprint density at radius 2 is 1.83 bits per heavy atom. The number of benzene rings is 2. The largest absolute Gasteiger partial charge is 0.278 e. The second-order valence-corrected chi connectivity index (χ2v) is 10.1. The normalized spacial score (nSPS) is 11.0. The van der Waals surface area contributed by atoms with Crippen molar-refractivity contribution in [2.75, 3.05) is 5.75 Å². The van der Waals surface area contributed by atoms with Crippen LogP contribution in [0.2, 0.25) is 0 Å². The van der Waals surface area contributed by atoms with Crippen LogP contribution in [-0.2, 0) is 0 Å². The fraction of sp³-hybridized carbons (Fsp3) is 0.143. The summed E-state index contributed by atoms with van der Waals surface area (Å²) >= 11 is 11.6. The minimum absolute atomic E-state index is 0.183. The molecule has 0 saturated heterocycles. The Kier molecular flexibility index (Phi) is 5.93. The van der Waals surface area contributed by atoms with Crippen molar-refractivity contribution in [1.82, 2.24) is 14.1 Å². The molecule has 0 bridgehead atoms. The molecule has 0 radical (unpaired) electrons. The maximum atomic E-state index is 13.5. The molecule has 9 heteroatoms. The van der Waals surface area contributed by atoms with Crippen molar-refractivity contribution in [3.63, 3.8) is 0 Å². The Bertz CT molecular complexity index is 1410. The van der Waals surface area contributed by atoms with Crippen LogP contribution in [0, 0.1) is 29.1 Å². The number of fused-ring (bicyclic) bond motifs is 1. The number of nitriles is 1. The lowest BCUT2D eigenvalue weighted by Gasteiger charge is -2.14. The Balaban J connectivity index is 2.08. The highest BCUT2D eigenvalue weighted by molar-refractivity contribution is 9.10. The number of nitrogens with zero attached hydrogens (tertiary/aromatic N) is 4. The third-order valence-corrected chi connectivity index (χ3v) is 7.28. The molecule has 30 heavy (non-hydrogen) atoms. The lowest BCUT2D eigenvalue weighted by molar-refractivity contribution is 0.812. The Labute approximate surface area is 194 Å². The molecule has 0 fully saturated rings. The second-order valence-electron chi connectivity index (χ2n) is 6.55. The summed E-state index contributed by atoms with van der Waals surface area (Å²) in [6.07, 6.45) is 0. The smallest absolute Gasteiger partial charge is 0.275 e. The monoisotopic (exact) mass is 514 g/mol. The number of aromatic nitrogens is 3. The average Bonchev–Trinajstić information content (AvgIpc) is 3.04. The predicted molar refractivity (Wildman–Crippen MR) is 129 cm³/mol. The van der Waals surface area contributed by atoms with Gasteiger partial charge in [-0.05, 0) is 61.5 Å². The number of rotatable bonds is 4. The van der Waals surface area contributed by atoms with Crippen LogP contribution in [-0.4, -0.2) is 19.9 Å². The summed E-state index contributed by atoms with van der Waals surface area (Å²) in [4.78, 5) is 18.4. The van der Waals surface area contributed by atoms with E-state index in [-0.39, 0.29) is 11.3 Å². The topological polar surface area (TPSA) is 63.6 Å². The first-order valence-corrected chi connectivity index (χ1v) is 11.9. The molecule has 0 atom stereocenters. The molecule has 2 aromatic heterocycles. The molecule has 5 nitrogen and oxygen atoms in total. The maximum absolute atomic E-state index is 13.5. The molecular formula is C21H15BrN4OS3. The summed E-state index contributed by atoms with van der Waals surface area (Å²) in [6, 6.07) is 15.6. The Hall–Kier alpha value is -2.25. The standard InChI is InChI=1S/C21H15BrN4OS3/c1-12-4-3-5-13(2)16(12)26-18-17(30-21(26)28)19(27)25(20(24-18)29-11-10-23)15-8-6-14(22)7-9-15/h3-9H,11H2,1-2H3. The summed E-state index contributed by atoms with van der Waals surface area (Å²) < 4.78 is 5.40. The van der Waals surface area contributed by atoms with Crippen LogP contribution in [0.15, 0.2) is 56.9 Å². The van der Waals surface area contributed by atoms with E-state index < -0.39 is 0 Å². The SMILES string of the molecule is Cc1cccc(C)c1-n1c(=S)sc2c(=O)n(-c3ccc(Br)cc3)c(SCC#N)nc21. The van der Waals surface area contributed by atoms with Gasteiger partial charge in [-0.2, -0.15) is 5.26 Å². The molecule has 4 aromatic rings.